The van der Waals surface area contributed by atoms with Crippen LogP contribution in [0.15, 0.2) is 23.2 Å². The lowest BCUT2D eigenvalue weighted by Gasteiger charge is -2.13. The Bertz CT molecular complexity index is 460. The third-order valence-corrected chi connectivity index (χ3v) is 2.93. The molecule has 0 fully saturated rings. The van der Waals surface area contributed by atoms with Crippen LogP contribution in [0.1, 0.15) is 16.8 Å². The molecule has 0 saturated carbocycles. The molecule has 6 nitrogen and oxygen atoms in total. The average molecular weight is 263 g/mol. The molecule has 3 N–H and O–H groups in total. The summed E-state index contributed by atoms with van der Waals surface area (Å²) in [6.45, 7) is 2.92. The highest BCUT2D eigenvalue weighted by Crippen LogP contribution is 2.25. The second kappa shape index (κ2) is 6.19. The van der Waals surface area contributed by atoms with Crippen molar-refractivity contribution in [1.82, 2.24) is 10.2 Å². The van der Waals surface area contributed by atoms with E-state index in [4.69, 9.17) is 0 Å². The number of phenolic OH excluding ortho intramolecular Hbond substituents is 2. The minimum Gasteiger partial charge on any atom is -0.507 e. The van der Waals surface area contributed by atoms with E-state index in [2.05, 4.69) is 15.2 Å². The molecular weight excluding hydrogens is 246 g/mol. The van der Waals surface area contributed by atoms with E-state index in [0.717, 1.165) is 19.5 Å². The van der Waals surface area contributed by atoms with Crippen LogP contribution in [0.5, 0.6) is 11.5 Å². The van der Waals surface area contributed by atoms with Gasteiger partial charge in [-0.3, -0.25) is 14.7 Å². The van der Waals surface area contributed by atoms with Crippen LogP contribution in [-0.2, 0) is 0 Å². The SMILES string of the molecule is O=C(NCCCN1CC=NC1)c1c(O)cccc1O. The van der Waals surface area contributed by atoms with Crippen molar-refractivity contribution in [2.75, 3.05) is 26.3 Å². The zero-order chi connectivity index (χ0) is 13.7. The topological polar surface area (TPSA) is 85.2 Å². The zero-order valence-electron chi connectivity index (χ0n) is 10.5. The van der Waals surface area contributed by atoms with Crippen LogP contribution in [-0.4, -0.2) is 53.5 Å². The van der Waals surface area contributed by atoms with Crippen molar-refractivity contribution in [3.05, 3.63) is 23.8 Å². The van der Waals surface area contributed by atoms with Gasteiger partial charge in [0, 0.05) is 25.8 Å². The number of carbonyl (C=O) groups is 1. The van der Waals surface area contributed by atoms with E-state index >= 15 is 0 Å². The second-order valence-corrected chi connectivity index (χ2v) is 4.36. The molecule has 102 valence electrons. The summed E-state index contributed by atoms with van der Waals surface area (Å²) in [5, 5.41) is 21.8. The maximum Gasteiger partial charge on any atom is 0.258 e. The van der Waals surface area contributed by atoms with Crippen molar-refractivity contribution >= 4 is 12.1 Å². The van der Waals surface area contributed by atoms with E-state index in [0.29, 0.717) is 13.2 Å². The molecule has 6 heteroatoms. The molecule has 1 aromatic rings. The molecule has 0 aliphatic carbocycles. The van der Waals surface area contributed by atoms with Gasteiger partial charge in [0.2, 0.25) is 0 Å². The third-order valence-electron chi connectivity index (χ3n) is 2.93. The lowest BCUT2D eigenvalue weighted by Crippen LogP contribution is -2.29. The highest BCUT2D eigenvalue weighted by atomic mass is 16.3. The molecule has 0 spiro atoms. The lowest BCUT2D eigenvalue weighted by atomic mass is 10.1. The molecule has 0 atom stereocenters. The molecule has 0 aromatic heterocycles. The number of nitrogens with one attached hydrogen (secondary N) is 1. The number of hydrogen-bond donors (Lipinski definition) is 3. The van der Waals surface area contributed by atoms with Crippen LogP contribution in [0.2, 0.25) is 0 Å². The summed E-state index contributed by atoms with van der Waals surface area (Å²) in [6.07, 6.45) is 2.67. The summed E-state index contributed by atoms with van der Waals surface area (Å²) in [7, 11) is 0. The van der Waals surface area contributed by atoms with Crippen molar-refractivity contribution in [2.24, 2.45) is 4.99 Å². The van der Waals surface area contributed by atoms with Gasteiger partial charge in [0.1, 0.15) is 17.1 Å². The van der Waals surface area contributed by atoms with Gasteiger partial charge in [-0.1, -0.05) is 6.07 Å². The number of phenols is 2. The Morgan fingerprint density at radius 2 is 2.11 bits per heavy atom. The van der Waals surface area contributed by atoms with Crippen molar-refractivity contribution in [3.63, 3.8) is 0 Å². The molecule has 0 unspecified atom stereocenters. The average Bonchev–Trinajstić information content (AvgIpc) is 2.87. The van der Waals surface area contributed by atoms with Crippen LogP contribution in [0.4, 0.5) is 0 Å². The standard InChI is InChI=1S/C13H17N3O3/c17-10-3-1-4-11(18)12(10)13(19)15-5-2-7-16-8-6-14-9-16/h1,3-4,6,17-18H,2,5,7-9H2,(H,15,19). The monoisotopic (exact) mass is 263 g/mol. The maximum atomic E-state index is 11.8. The molecule has 0 radical (unpaired) electrons. The van der Waals surface area contributed by atoms with Gasteiger partial charge in [0.05, 0.1) is 6.67 Å². The Morgan fingerprint density at radius 3 is 2.74 bits per heavy atom. The Morgan fingerprint density at radius 1 is 1.37 bits per heavy atom. The molecule has 1 aliphatic heterocycles. The first-order valence-corrected chi connectivity index (χ1v) is 6.18. The third kappa shape index (κ3) is 3.45. The van der Waals surface area contributed by atoms with Crippen LogP contribution in [0.3, 0.4) is 0 Å². The highest BCUT2D eigenvalue weighted by molar-refractivity contribution is 5.99. The fourth-order valence-corrected chi connectivity index (χ4v) is 1.92. The lowest BCUT2D eigenvalue weighted by molar-refractivity contribution is 0.0946. The number of aromatic hydroxyl groups is 2. The number of benzene rings is 1. The van der Waals surface area contributed by atoms with Crippen LogP contribution in [0.25, 0.3) is 0 Å². The number of rotatable bonds is 5. The predicted molar refractivity (Wildman–Crippen MR) is 71.7 cm³/mol. The van der Waals surface area contributed by atoms with E-state index < -0.39 is 5.91 Å². The summed E-state index contributed by atoms with van der Waals surface area (Å²) < 4.78 is 0. The molecule has 0 bridgehead atoms. The largest absolute Gasteiger partial charge is 0.507 e. The van der Waals surface area contributed by atoms with Gasteiger partial charge in [-0.25, -0.2) is 0 Å². The number of amides is 1. The van der Waals surface area contributed by atoms with Gasteiger partial charge >= 0.3 is 0 Å². The fraction of sp³-hybridized carbons (Fsp3) is 0.385. The Labute approximate surface area is 111 Å². The van der Waals surface area contributed by atoms with Gasteiger partial charge in [-0.05, 0) is 18.6 Å². The smallest absolute Gasteiger partial charge is 0.258 e. The van der Waals surface area contributed by atoms with Gasteiger partial charge in [-0.2, -0.15) is 0 Å². The van der Waals surface area contributed by atoms with E-state index in [1.165, 1.54) is 18.2 Å². The highest BCUT2D eigenvalue weighted by Gasteiger charge is 2.15. The van der Waals surface area contributed by atoms with Gasteiger partial charge < -0.3 is 15.5 Å². The number of carbonyl (C=O) groups excluding carboxylic acids is 1. The Balaban J connectivity index is 1.78. The summed E-state index contributed by atoms with van der Waals surface area (Å²) in [5.74, 6) is -0.899. The van der Waals surface area contributed by atoms with Crippen molar-refractivity contribution in [3.8, 4) is 11.5 Å². The molecule has 1 aliphatic rings. The first-order chi connectivity index (χ1) is 9.18. The molecule has 1 aromatic carbocycles. The minimum absolute atomic E-state index is 0.0768. The van der Waals surface area contributed by atoms with Gasteiger partial charge in [-0.15, -0.1) is 0 Å². The number of hydrogen-bond acceptors (Lipinski definition) is 5. The summed E-state index contributed by atoms with van der Waals surface area (Å²) in [5.41, 5.74) is -0.0768. The summed E-state index contributed by atoms with van der Waals surface area (Å²) in [6, 6.07) is 4.22. The first kappa shape index (κ1) is 13.4. The van der Waals surface area contributed by atoms with E-state index in [9.17, 15) is 15.0 Å². The molecule has 0 saturated heterocycles. The molecule has 1 amide bonds. The molecule has 19 heavy (non-hydrogen) atoms. The van der Waals surface area contributed by atoms with Crippen LogP contribution < -0.4 is 5.32 Å². The van der Waals surface area contributed by atoms with Crippen molar-refractivity contribution in [2.45, 2.75) is 6.42 Å². The second-order valence-electron chi connectivity index (χ2n) is 4.36. The molecular formula is C13H17N3O3. The molecule has 2 rings (SSSR count). The van der Waals surface area contributed by atoms with Crippen LogP contribution in [0, 0.1) is 0 Å². The Kier molecular flexibility index (Phi) is 4.35. The predicted octanol–water partition coefficient (Wildman–Crippen LogP) is 0.562. The Hall–Kier alpha value is -2.08. The first-order valence-electron chi connectivity index (χ1n) is 6.18. The van der Waals surface area contributed by atoms with Crippen LogP contribution >= 0.6 is 0 Å². The summed E-state index contributed by atoms with van der Waals surface area (Å²) in [4.78, 5) is 18.1. The van der Waals surface area contributed by atoms with Gasteiger partial charge in [0.15, 0.2) is 0 Å². The van der Waals surface area contributed by atoms with E-state index in [1.54, 1.807) is 0 Å². The van der Waals surface area contributed by atoms with E-state index in [1.807, 2.05) is 6.21 Å². The van der Waals surface area contributed by atoms with Crippen molar-refractivity contribution < 1.29 is 15.0 Å². The summed E-state index contributed by atoms with van der Waals surface area (Å²) >= 11 is 0. The quantitative estimate of drug-likeness (QED) is 0.678. The normalized spacial score (nSPS) is 14.7. The minimum atomic E-state index is -0.465. The van der Waals surface area contributed by atoms with Gasteiger partial charge in [0.25, 0.3) is 5.91 Å². The number of aliphatic imine (C=N–C) groups is 1. The maximum absolute atomic E-state index is 11.8. The fourth-order valence-electron chi connectivity index (χ4n) is 1.92. The molecule has 1 heterocycles. The van der Waals surface area contributed by atoms with E-state index in [-0.39, 0.29) is 17.1 Å². The zero-order valence-corrected chi connectivity index (χ0v) is 10.5. The van der Waals surface area contributed by atoms with Crippen molar-refractivity contribution in [1.29, 1.82) is 0 Å². The number of nitrogens with zero attached hydrogens (tertiary/aromatic N) is 2.